The van der Waals surface area contributed by atoms with Crippen molar-refractivity contribution in [3.8, 4) is 0 Å². The molecule has 0 amide bonds. The predicted octanol–water partition coefficient (Wildman–Crippen LogP) is 5.74. The molecule has 0 aromatic heterocycles. The molecule has 5 heteroatoms. The maximum absolute atomic E-state index is 13.6. The van der Waals surface area contributed by atoms with Crippen molar-refractivity contribution >= 4 is 9.84 Å². The second-order valence-corrected chi connectivity index (χ2v) is 11.0. The Morgan fingerprint density at radius 1 is 0.774 bits per heavy atom. The van der Waals surface area contributed by atoms with Gasteiger partial charge in [0, 0.05) is 11.5 Å². The number of aryl methyl sites for hydroxylation is 1. The summed E-state index contributed by atoms with van der Waals surface area (Å²) >= 11 is 0. The zero-order valence-corrected chi connectivity index (χ0v) is 19.3. The Labute approximate surface area is 186 Å². The third-order valence-corrected chi connectivity index (χ3v) is 7.23. The molecule has 0 aliphatic heterocycles. The van der Waals surface area contributed by atoms with E-state index in [9.17, 15) is 13.6 Å². The number of benzene rings is 3. The number of hydroxylamine groups is 2. The first-order valence-electron chi connectivity index (χ1n) is 10.5. The molecule has 0 N–H and O–H groups in total. The van der Waals surface area contributed by atoms with Gasteiger partial charge in [-0.2, -0.15) is 0 Å². The number of hydrogen-bond acceptors (Lipinski definition) is 3. The van der Waals surface area contributed by atoms with E-state index >= 15 is 0 Å². The van der Waals surface area contributed by atoms with Crippen molar-refractivity contribution in [2.45, 2.75) is 50.1 Å². The molecule has 4 nitrogen and oxygen atoms in total. The topological polar surface area (TPSA) is 57.3 Å². The normalized spacial score (nSPS) is 14.4. The SMILES string of the molecule is Cc1ccc(S(=O)(=O)CC(c2ccccc2)C(c2ccccc2)N([O])C(C)(C)C)cc1. The fraction of sp³-hybridized carbons (Fsp3) is 0.308. The minimum Gasteiger partial charge on any atom is -0.224 e. The van der Waals surface area contributed by atoms with Crippen LogP contribution >= 0.6 is 0 Å². The monoisotopic (exact) mass is 436 g/mol. The Balaban J connectivity index is 2.13. The van der Waals surface area contributed by atoms with Crippen molar-refractivity contribution in [3.63, 3.8) is 0 Å². The molecule has 0 aliphatic rings. The molecule has 3 rings (SSSR count). The van der Waals surface area contributed by atoms with Crippen molar-refractivity contribution in [2.75, 3.05) is 5.75 Å². The van der Waals surface area contributed by atoms with Crippen LogP contribution in [0.4, 0.5) is 0 Å². The van der Waals surface area contributed by atoms with E-state index in [1.807, 2.05) is 88.4 Å². The minimum atomic E-state index is -3.62. The first kappa shape index (κ1) is 23.2. The minimum absolute atomic E-state index is 0.158. The highest BCUT2D eigenvalue weighted by molar-refractivity contribution is 7.91. The van der Waals surface area contributed by atoms with Crippen molar-refractivity contribution in [1.29, 1.82) is 0 Å². The summed E-state index contributed by atoms with van der Waals surface area (Å²) in [6, 6.07) is 25.2. The van der Waals surface area contributed by atoms with Gasteiger partial charge in [0.15, 0.2) is 9.84 Å². The van der Waals surface area contributed by atoms with Crippen LogP contribution in [0.25, 0.3) is 0 Å². The van der Waals surface area contributed by atoms with Crippen LogP contribution in [0, 0.1) is 6.92 Å². The van der Waals surface area contributed by atoms with Gasteiger partial charge in [-0.1, -0.05) is 78.4 Å². The third kappa shape index (κ3) is 5.62. The lowest BCUT2D eigenvalue weighted by atomic mass is 9.86. The Morgan fingerprint density at radius 2 is 1.26 bits per heavy atom. The lowest BCUT2D eigenvalue weighted by Gasteiger charge is -2.39. The molecule has 2 unspecified atom stereocenters. The number of nitrogens with zero attached hydrogens (tertiary/aromatic N) is 1. The lowest BCUT2D eigenvalue weighted by molar-refractivity contribution is -0.245. The fourth-order valence-electron chi connectivity index (χ4n) is 3.75. The average molecular weight is 437 g/mol. The second-order valence-electron chi connectivity index (χ2n) is 8.96. The van der Waals surface area contributed by atoms with Crippen molar-refractivity contribution < 1.29 is 13.6 Å². The van der Waals surface area contributed by atoms with Gasteiger partial charge < -0.3 is 0 Å². The fourth-order valence-corrected chi connectivity index (χ4v) is 5.34. The summed E-state index contributed by atoms with van der Waals surface area (Å²) in [4.78, 5) is 0.277. The second kappa shape index (κ2) is 9.35. The highest BCUT2D eigenvalue weighted by atomic mass is 32.2. The van der Waals surface area contributed by atoms with E-state index in [2.05, 4.69) is 0 Å². The van der Waals surface area contributed by atoms with Crippen LogP contribution in [0.5, 0.6) is 0 Å². The van der Waals surface area contributed by atoms with E-state index in [0.717, 1.165) is 21.8 Å². The molecule has 163 valence electrons. The highest BCUT2D eigenvalue weighted by Gasteiger charge is 2.39. The molecule has 3 aromatic rings. The summed E-state index contributed by atoms with van der Waals surface area (Å²) in [6.45, 7) is 7.48. The molecular weight excluding hydrogens is 406 g/mol. The third-order valence-electron chi connectivity index (χ3n) is 5.44. The van der Waals surface area contributed by atoms with Crippen LogP contribution in [0.1, 0.15) is 49.4 Å². The van der Waals surface area contributed by atoms with Crippen LogP contribution in [0.3, 0.4) is 0 Å². The Morgan fingerprint density at radius 3 is 1.74 bits per heavy atom. The smallest absolute Gasteiger partial charge is 0.179 e. The zero-order valence-electron chi connectivity index (χ0n) is 18.5. The summed E-state index contributed by atoms with van der Waals surface area (Å²) in [6.07, 6.45) is 0. The largest absolute Gasteiger partial charge is 0.224 e. The van der Waals surface area contributed by atoms with Gasteiger partial charge in [-0.3, -0.25) is 0 Å². The van der Waals surface area contributed by atoms with Crippen molar-refractivity contribution in [3.05, 3.63) is 102 Å². The van der Waals surface area contributed by atoms with Gasteiger partial charge in [0.25, 0.3) is 0 Å². The van der Waals surface area contributed by atoms with E-state index in [-0.39, 0.29) is 10.6 Å². The quantitative estimate of drug-likeness (QED) is 0.444. The molecule has 31 heavy (non-hydrogen) atoms. The maximum atomic E-state index is 13.6. The number of rotatable bonds is 7. The van der Waals surface area contributed by atoms with E-state index in [0.29, 0.717) is 0 Å². The molecule has 3 aromatic carbocycles. The molecule has 2 atom stereocenters. The van der Waals surface area contributed by atoms with E-state index in [1.54, 1.807) is 24.3 Å². The van der Waals surface area contributed by atoms with Crippen LogP contribution in [0.15, 0.2) is 89.8 Å². The van der Waals surface area contributed by atoms with Crippen LogP contribution in [-0.2, 0) is 15.0 Å². The Hall–Kier alpha value is -2.47. The van der Waals surface area contributed by atoms with Gasteiger partial charge in [-0.05, 0) is 51.0 Å². The number of hydrogen-bond donors (Lipinski definition) is 0. The van der Waals surface area contributed by atoms with Gasteiger partial charge in [0.05, 0.1) is 16.7 Å². The standard InChI is InChI=1S/C26H30NO3S/c1-20-15-17-23(18-16-20)31(29,30)19-24(21-11-7-5-8-12-21)25(27(28)26(2,3)4)22-13-9-6-10-14-22/h5-18,24-25H,19H2,1-4H3. The van der Waals surface area contributed by atoms with Gasteiger partial charge in [-0.15, -0.1) is 10.3 Å². The molecule has 0 aliphatic carbocycles. The molecule has 0 spiro atoms. The van der Waals surface area contributed by atoms with Crippen molar-refractivity contribution in [1.82, 2.24) is 5.06 Å². The summed E-state index contributed by atoms with van der Waals surface area (Å²) in [7, 11) is -3.62. The highest BCUT2D eigenvalue weighted by Crippen LogP contribution is 2.40. The lowest BCUT2D eigenvalue weighted by Crippen LogP contribution is -2.43. The van der Waals surface area contributed by atoms with E-state index < -0.39 is 27.3 Å². The molecule has 0 bridgehead atoms. The van der Waals surface area contributed by atoms with Crippen LogP contribution in [0.2, 0.25) is 0 Å². The summed E-state index contributed by atoms with van der Waals surface area (Å²) in [5, 5.41) is 14.6. The van der Waals surface area contributed by atoms with E-state index in [1.165, 1.54) is 0 Å². The molecule has 0 saturated carbocycles. The van der Waals surface area contributed by atoms with Gasteiger partial charge in [0.1, 0.15) is 0 Å². The summed E-state index contributed by atoms with van der Waals surface area (Å²) in [5.41, 5.74) is 1.94. The molecule has 0 fully saturated rings. The van der Waals surface area contributed by atoms with Gasteiger partial charge in [0.2, 0.25) is 0 Å². The Kier molecular flexibility index (Phi) is 6.99. The predicted molar refractivity (Wildman–Crippen MR) is 124 cm³/mol. The maximum Gasteiger partial charge on any atom is 0.179 e. The van der Waals surface area contributed by atoms with E-state index in [4.69, 9.17) is 0 Å². The average Bonchev–Trinajstić information content (AvgIpc) is 2.74. The Bertz CT molecular complexity index is 1070. The molecule has 1 radical (unpaired) electrons. The van der Waals surface area contributed by atoms with Crippen LogP contribution < -0.4 is 0 Å². The summed E-state index contributed by atoms with van der Waals surface area (Å²) < 4.78 is 26.8. The van der Waals surface area contributed by atoms with Gasteiger partial charge in [-0.25, -0.2) is 8.42 Å². The molecule has 0 saturated heterocycles. The zero-order chi connectivity index (χ0) is 22.6. The summed E-state index contributed by atoms with van der Waals surface area (Å²) in [5.74, 6) is -0.694. The van der Waals surface area contributed by atoms with Crippen molar-refractivity contribution in [2.24, 2.45) is 0 Å². The van der Waals surface area contributed by atoms with Gasteiger partial charge >= 0.3 is 0 Å². The van der Waals surface area contributed by atoms with Crippen LogP contribution in [-0.4, -0.2) is 24.8 Å². The first-order chi connectivity index (χ1) is 14.6. The molecule has 0 heterocycles. The molecular formula is C26H30NO3S. The number of sulfone groups is 1. The first-order valence-corrected chi connectivity index (χ1v) is 12.1.